The van der Waals surface area contributed by atoms with E-state index >= 15 is 0 Å². The standard InChI is InChI=1S/C48H42BN5O/c1-46(2,3)29-23-24-50-43(25-29)54-41-27-31(20-22-40(41)53-39-18-11-9-14-34(39)33-13-8-10-17-38(33)49(53)54)55-30-19-21-32-35-15-12-16-37-44(35)52-42(48(6,7)47(37,4)5)28-51-45(52)36(32)26-30/h8-28H,1-7H3. The van der Waals surface area contributed by atoms with Gasteiger partial charge in [0.15, 0.2) is 0 Å². The summed E-state index contributed by atoms with van der Waals surface area (Å²) in [5.74, 6) is 2.45. The maximum atomic E-state index is 6.84. The molecule has 0 aliphatic carbocycles. The summed E-state index contributed by atoms with van der Waals surface area (Å²) in [6.07, 6.45) is 4.04. The third-order valence-electron chi connectivity index (χ3n) is 13.2. The van der Waals surface area contributed by atoms with E-state index in [0.29, 0.717) is 0 Å². The van der Waals surface area contributed by atoms with E-state index in [9.17, 15) is 0 Å². The molecule has 0 saturated carbocycles. The number of imidazole rings is 1. The highest BCUT2D eigenvalue weighted by Gasteiger charge is 2.49. The number of aromatic nitrogens is 3. The van der Waals surface area contributed by atoms with Gasteiger partial charge in [-0.1, -0.05) is 109 Å². The van der Waals surface area contributed by atoms with Crippen molar-refractivity contribution in [2.75, 3.05) is 9.62 Å². The van der Waals surface area contributed by atoms with E-state index < -0.39 is 0 Å². The zero-order chi connectivity index (χ0) is 37.6. The Bertz CT molecular complexity index is 2940. The Morgan fingerprint density at radius 2 is 1.38 bits per heavy atom. The monoisotopic (exact) mass is 715 g/mol. The summed E-state index contributed by atoms with van der Waals surface area (Å²) in [4.78, 5) is 15.0. The van der Waals surface area contributed by atoms with Crippen LogP contribution in [0.25, 0.3) is 38.4 Å². The molecule has 11 rings (SSSR count). The Balaban J connectivity index is 1.08. The molecule has 0 fully saturated rings. The Morgan fingerprint density at radius 3 is 2.22 bits per heavy atom. The molecular weight excluding hydrogens is 673 g/mol. The summed E-state index contributed by atoms with van der Waals surface area (Å²) in [5.41, 5.74) is 13.0. The molecule has 3 aliphatic rings. The first-order valence-corrected chi connectivity index (χ1v) is 19.4. The molecule has 0 spiro atoms. The molecule has 268 valence electrons. The number of nitrogens with zero attached hydrogens (tertiary/aromatic N) is 5. The number of hydrogen-bond acceptors (Lipinski definition) is 5. The highest BCUT2D eigenvalue weighted by molar-refractivity contribution is 6.86. The summed E-state index contributed by atoms with van der Waals surface area (Å²) >= 11 is 0. The number of fused-ring (bicyclic) bond motifs is 11. The lowest BCUT2D eigenvalue weighted by Gasteiger charge is -2.45. The highest BCUT2D eigenvalue weighted by Crippen LogP contribution is 2.53. The van der Waals surface area contributed by atoms with Crippen molar-refractivity contribution in [3.05, 3.63) is 144 Å². The van der Waals surface area contributed by atoms with Crippen molar-refractivity contribution in [1.82, 2.24) is 14.4 Å². The first-order chi connectivity index (χ1) is 26.4. The Morgan fingerprint density at radius 1 is 0.618 bits per heavy atom. The molecule has 0 atom stereocenters. The van der Waals surface area contributed by atoms with Crippen LogP contribution in [0.3, 0.4) is 0 Å². The van der Waals surface area contributed by atoms with Crippen LogP contribution in [0, 0.1) is 0 Å². The highest BCUT2D eigenvalue weighted by atomic mass is 16.5. The molecule has 0 radical (unpaired) electrons. The minimum Gasteiger partial charge on any atom is -0.457 e. The van der Waals surface area contributed by atoms with E-state index in [1.165, 1.54) is 55.4 Å². The lowest BCUT2D eigenvalue weighted by Crippen LogP contribution is -2.55. The SMILES string of the molecule is CC(C)(C)c1ccnc(N2B3c4ccccc4-c4ccccc4N3c3ccc(Oc4ccc5c(c4)c4ncc6n4c4c(cccc54)C(C)(C)C6(C)C)cc32)c1. The van der Waals surface area contributed by atoms with Crippen molar-refractivity contribution < 1.29 is 4.74 Å². The molecule has 8 aromatic rings. The fourth-order valence-corrected chi connectivity index (χ4v) is 9.54. The molecule has 0 saturated heterocycles. The second-order valence-corrected chi connectivity index (χ2v) is 17.6. The topological polar surface area (TPSA) is 45.9 Å². The minimum atomic E-state index is -0.117. The van der Waals surface area contributed by atoms with Crippen molar-refractivity contribution >= 4 is 62.6 Å². The predicted molar refractivity (Wildman–Crippen MR) is 227 cm³/mol. The van der Waals surface area contributed by atoms with Gasteiger partial charge >= 0.3 is 6.98 Å². The van der Waals surface area contributed by atoms with Crippen LogP contribution >= 0.6 is 0 Å². The molecule has 3 aliphatic heterocycles. The summed E-state index contributed by atoms with van der Waals surface area (Å²) in [7, 11) is 0. The Labute approximate surface area is 322 Å². The van der Waals surface area contributed by atoms with Crippen LogP contribution in [-0.4, -0.2) is 21.4 Å². The smallest absolute Gasteiger partial charge is 0.422 e. The Kier molecular flexibility index (Phi) is 6.35. The van der Waals surface area contributed by atoms with Gasteiger partial charge < -0.3 is 14.4 Å². The number of ether oxygens (including phenoxy) is 1. The van der Waals surface area contributed by atoms with Crippen molar-refractivity contribution in [3.8, 4) is 22.6 Å². The number of benzene rings is 5. The van der Waals surface area contributed by atoms with Crippen LogP contribution in [0.15, 0.2) is 128 Å². The van der Waals surface area contributed by atoms with Gasteiger partial charge in [0, 0.05) is 57.0 Å². The van der Waals surface area contributed by atoms with Gasteiger partial charge in [-0.15, -0.1) is 0 Å². The van der Waals surface area contributed by atoms with Crippen LogP contribution < -0.4 is 19.8 Å². The summed E-state index contributed by atoms with van der Waals surface area (Å²) in [6, 6.07) is 41.7. The average molecular weight is 716 g/mol. The summed E-state index contributed by atoms with van der Waals surface area (Å²) in [5, 5.41) is 3.51. The predicted octanol–water partition coefficient (Wildman–Crippen LogP) is 11.4. The zero-order valence-corrected chi connectivity index (χ0v) is 32.3. The van der Waals surface area contributed by atoms with Crippen LogP contribution in [0.1, 0.15) is 65.3 Å². The van der Waals surface area contributed by atoms with Crippen LogP contribution in [0.4, 0.5) is 22.9 Å². The maximum absolute atomic E-state index is 6.84. The first-order valence-electron chi connectivity index (χ1n) is 19.4. The number of pyridine rings is 2. The first kappa shape index (κ1) is 32.4. The fourth-order valence-electron chi connectivity index (χ4n) is 9.54. The third kappa shape index (κ3) is 4.27. The molecule has 0 amide bonds. The largest absolute Gasteiger partial charge is 0.457 e. The van der Waals surface area contributed by atoms with Gasteiger partial charge in [-0.2, -0.15) is 0 Å². The quantitative estimate of drug-likeness (QED) is 0.135. The van der Waals surface area contributed by atoms with E-state index in [0.717, 1.165) is 39.7 Å². The molecular formula is C48H42BN5O. The number of para-hydroxylation sites is 2. The van der Waals surface area contributed by atoms with Gasteiger partial charge in [0.25, 0.3) is 0 Å². The zero-order valence-electron chi connectivity index (χ0n) is 32.3. The minimum absolute atomic E-state index is 0.0312. The molecule has 3 aromatic heterocycles. The fraction of sp³-hybridized carbons (Fsp3) is 0.208. The Hall–Kier alpha value is -6.08. The van der Waals surface area contributed by atoms with Gasteiger partial charge in [-0.25, -0.2) is 9.97 Å². The van der Waals surface area contributed by atoms with E-state index in [4.69, 9.17) is 14.7 Å². The van der Waals surface area contributed by atoms with Gasteiger partial charge in [0.2, 0.25) is 0 Å². The van der Waals surface area contributed by atoms with Crippen LogP contribution in [-0.2, 0) is 16.2 Å². The molecule has 55 heavy (non-hydrogen) atoms. The van der Waals surface area contributed by atoms with Gasteiger partial charge in [0.1, 0.15) is 23.0 Å². The molecule has 0 unspecified atom stereocenters. The molecule has 0 N–H and O–H groups in total. The second kappa shape index (κ2) is 10.8. The normalized spacial score (nSPS) is 16.1. The van der Waals surface area contributed by atoms with Gasteiger partial charge in [-0.3, -0.25) is 4.40 Å². The van der Waals surface area contributed by atoms with Crippen molar-refractivity contribution in [1.29, 1.82) is 0 Å². The van der Waals surface area contributed by atoms with E-state index in [1.807, 2.05) is 6.20 Å². The molecule has 6 heterocycles. The van der Waals surface area contributed by atoms with E-state index in [-0.39, 0.29) is 23.2 Å². The number of hydrogen-bond donors (Lipinski definition) is 0. The molecule has 5 aromatic carbocycles. The van der Waals surface area contributed by atoms with Crippen molar-refractivity contribution in [2.24, 2.45) is 0 Å². The van der Waals surface area contributed by atoms with Crippen molar-refractivity contribution in [3.63, 3.8) is 0 Å². The number of rotatable bonds is 3. The molecule has 6 nitrogen and oxygen atoms in total. The van der Waals surface area contributed by atoms with E-state index in [2.05, 4.69) is 184 Å². The second-order valence-electron chi connectivity index (χ2n) is 17.6. The van der Waals surface area contributed by atoms with Gasteiger partial charge in [0.05, 0.1) is 16.9 Å². The molecule has 0 bridgehead atoms. The average Bonchev–Trinajstić information content (AvgIpc) is 3.79. The lowest BCUT2D eigenvalue weighted by molar-refractivity contribution is 0.288. The third-order valence-corrected chi connectivity index (χ3v) is 13.2. The lowest BCUT2D eigenvalue weighted by atomic mass is 9.59. The van der Waals surface area contributed by atoms with Gasteiger partial charge in [-0.05, 0) is 81.5 Å². The van der Waals surface area contributed by atoms with Crippen molar-refractivity contribution in [2.45, 2.75) is 64.7 Å². The van der Waals surface area contributed by atoms with Crippen LogP contribution in [0.2, 0.25) is 0 Å². The van der Waals surface area contributed by atoms with Crippen LogP contribution in [0.5, 0.6) is 11.5 Å². The summed E-state index contributed by atoms with van der Waals surface area (Å²) in [6.45, 7) is 16.1. The summed E-state index contributed by atoms with van der Waals surface area (Å²) < 4.78 is 9.25. The molecule has 7 heteroatoms. The number of anilines is 4. The maximum Gasteiger partial charge on any atom is 0.422 e. The van der Waals surface area contributed by atoms with E-state index in [1.54, 1.807) is 0 Å².